The molecule has 0 bridgehead atoms. The zero-order chi connectivity index (χ0) is 19.1. The quantitative estimate of drug-likeness (QED) is 0.508. The molecule has 0 aliphatic heterocycles. The van der Waals surface area contributed by atoms with Crippen molar-refractivity contribution in [2.45, 2.75) is 13.8 Å². The second-order valence-electron chi connectivity index (χ2n) is 6.43. The molecule has 3 aromatic rings. The minimum atomic E-state index is -0.311. The lowest BCUT2D eigenvalue weighted by molar-refractivity contribution is -0.145. The van der Waals surface area contributed by atoms with Crippen molar-refractivity contribution >= 4 is 11.5 Å². The maximum absolute atomic E-state index is 12.1. The summed E-state index contributed by atoms with van der Waals surface area (Å²) in [6.07, 6.45) is 1.99. The van der Waals surface area contributed by atoms with Gasteiger partial charge in [0.1, 0.15) is 0 Å². The predicted octanol–water partition coefficient (Wildman–Crippen LogP) is 5.98. The van der Waals surface area contributed by atoms with Gasteiger partial charge in [-0.05, 0) is 41.7 Å². The monoisotopic (exact) mass is 356 g/mol. The first-order valence-electron chi connectivity index (χ1n) is 9.28. The highest BCUT2D eigenvalue weighted by Gasteiger charge is 2.14. The Morgan fingerprint density at radius 1 is 0.815 bits per heavy atom. The molecule has 3 aromatic carbocycles. The van der Waals surface area contributed by atoms with E-state index in [-0.39, 0.29) is 11.9 Å². The fourth-order valence-electron chi connectivity index (χ4n) is 3.04. The molecule has 2 nitrogen and oxygen atoms in total. The summed E-state index contributed by atoms with van der Waals surface area (Å²) in [5.74, 6) is -0.513. The Hall–Kier alpha value is -3.13. The first kappa shape index (κ1) is 18.7. The summed E-state index contributed by atoms with van der Waals surface area (Å²) < 4.78 is 5.17. The number of ether oxygens (including phenoxy) is 1. The standard InChI is InChI=1S/C25H24O2/c1-3-27-25(26)19(2)18-24(22-12-8-5-9-13-22)23-16-14-21(15-17-23)20-10-6-4-7-11-20/h4-19H,3H2,1-2H3/b24-18+. The highest BCUT2D eigenvalue weighted by molar-refractivity contribution is 5.85. The van der Waals surface area contributed by atoms with Crippen molar-refractivity contribution in [3.05, 3.63) is 102 Å². The molecule has 1 atom stereocenters. The molecule has 0 aliphatic rings. The third kappa shape index (κ3) is 4.73. The van der Waals surface area contributed by atoms with Crippen LogP contribution in [0.15, 0.2) is 91.0 Å². The number of esters is 1. The molecule has 0 amide bonds. The molecule has 0 spiro atoms. The van der Waals surface area contributed by atoms with Crippen LogP contribution in [0.25, 0.3) is 16.7 Å². The summed E-state index contributed by atoms with van der Waals surface area (Å²) in [4.78, 5) is 12.1. The number of hydrogen-bond donors (Lipinski definition) is 0. The molecule has 27 heavy (non-hydrogen) atoms. The highest BCUT2D eigenvalue weighted by atomic mass is 16.5. The Balaban J connectivity index is 1.97. The summed E-state index contributed by atoms with van der Waals surface area (Å²) in [6, 6.07) is 28.9. The molecule has 1 unspecified atom stereocenters. The second kappa shape index (κ2) is 9.00. The minimum absolute atomic E-state index is 0.202. The van der Waals surface area contributed by atoms with Gasteiger partial charge in [-0.1, -0.05) is 91.0 Å². The molecule has 2 heteroatoms. The van der Waals surface area contributed by atoms with Crippen molar-refractivity contribution in [3.8, 4) is 11.1 Å². The lowest BCUT2D eigenvalue weighted by atomic mass is 9.93. The smallest absolute Gasteiger partial charge is 0.312 e. The van der Waals surface area contributed by atoms with Gasteiger partial charge in [0, 0.05) is 0 Å². The normalized spacial score (nSPS) is 12.4. The van der Waals surface area contributed by atoms with Crippen LogP contribution < -0.4 is 0 Å². The van der Waals surface area contributed by atoms with Gasteiger partial charge in [0.15, 0.2) is 0 Å². The molecule has 0 radical (unpaired) electrons. The topological polar surface area (TPSA) is 26.3 Å². The van der Waals surface area contributed by atoms with Crippen LogP contribution in [0.4, 0.5) is 0 Å². The van der Waals surface area contributed by atoms with Crippen LogP contribution in [0.2, 0.25) is 0 Å². The van der Waals surface area contributed by atoms with Crippen LogP contribution in [0, 0.1) is 5.92 Å². The second-order valence-corrected chi connectivity index (χ2v) is 6.43. The Morgan fingerprint density at radius 2 is 1.33 bits per heavy atom. The van der Waals surface area contributed by atoms with Crippen LogP contribution in [-0.2, 0) is 9.53 Å². The maximum Gasteiger partial charge on any atom is 0.312 e. The molecule has 3 rings (SSSR count). The van der Waals surface area contributed by atoms with Crippen molar-refractivity contribution in [2.75, 3.05) is 6.61 Å². The average molecular weight is 356 g/mol. The number of rotatable bonds is 6. The fourth-order valence-corrected chi connectivity index (χ4v) is 3.04. The van der Waals surface area contributed by atoms with Crippen molar-refractivity contribution in [2.24, 2.45) is 5.92 Å². The largest absolute Gasteiger partial charge is 0.466 e. The lowest BCUT2D eigenvalue weighted by Crippen LogP contribution is -2.13. The molecule has 0 saturated heterocycles. The van der Waals surface area contributed by atoms with Gasteiger partial charge in [-0.3, -0.25) is 4.79 Å². The van der Waals surface area contributed by atoms with E-state index < -0.39 is 0 Å². The molecule has 0 aliphatic carbocycles. The summed E-state index contributed by atoms with van der Waals surface area (Å²) >= 11 is 0. The van der Waals surface area contributed by atoms with Gasteiger partial charge in [-0.2, -0.15) is 0 Å². The first-order chi connectivity index (χ1) is 13.2. The number of benzene rings is 3. The third-order valence-corrected chi connectivity index (χ3v) is 4.46. The Labute approximate surface area is 161 Å². The van der Waals surface area contributed by atoms with Gasteiger partial charge in [0.05, 0.1) is 12.5 Å². The molecule has 0 heterocycles. The van der Waals surface area contributed by atoms with E-state index in [4.69, 9.17) is 4.74 Å². The summed E-state index contributed by atoms with van der Waals surface area (Å²) in [7, 11) is 0. The minimum Gasteiger partial charge on any atom is -0.466 e. The fraction of sp³-hybridized carbons (Fsp3) is 0.160. The van der Waals surface area contributed by atoms with Gasteiger partial charge in [-0.15, -0.1) is 0 Å². The Morgan fingerprint density at radius 3 is 1.93 bits per heavy atom. The van der Waals surface area contributed by atoms with E-state index >= 15 is 0 Å². The number of carbonyl (C=O) groups excluding carboxylic acids is 1. The lowest BCUT2D eigenvalue weighted by Gasteiger charge is -2.13. The summed E-state index contributed by atoms with van der Waals surface area (Å²) in [6.45, 7) is 4.09. The van der Waals surface area contributed by atoms with Crippen molar-refractivity contribution in [1.29, 1.82) is 0 Å². The number of carbonyl (C=O) groups is 1. The molecule has 0 fully saturated rings. The van der Waals surface area contributed by atoms with Gasteiger partial charge in [0.25, 0.3) is 0 Å². The van der Waals surface area contributed by atoms with Crippen LogP contribution >= 0.6 is 0 Å². The molecular formula is C25H24O2. The van der Waals surface area contributed by atoms with E-state index in [0.717, 1.165) is 16.7 Å². The predicted molar refractivity (Wildman–Crippen MR) is 111 cm³/mol. The molecule has 0 N–H and O–H groups in total. The van der Waals surface area contributed by atoms with Crippen LogP contribution in [0.5, 0.6) is 0 Å². The van der Waals surface area contributed by atoms with Gasteiger partial charge >= 0.3 is 5.97 Å². The van der Waals surface area contributed by atoms with Crippen molar-refractivity contribution in [1.82, 2.24) is 0 Å². The van der Waals surface area contributed by atoms with Crippen molar-refractivity contribution in [3.63, 3.8) is 0 Å². The molecule has 0 aromatic heterocycles. The van der Waals surface area contributed by atoms with Crippen molar-refractivity contribution < 1.29 is 9.53 Å². The zero-order valence-electron chi connectivity index (χ0n) is 15.8. The highest BCUT2D eigenvalue weighted by Crippen LogP contribution is 2.28. The van der Waals surface area contributed by atoms with Crippen LogP contribution in [0.1, 0.15) is 25.0 Å². The molecule has 0 saturated carbocycles. The SMILES string of the molecule is CCOC(=O)C(C)/C=C(\c1ccccc1)c1ccc(-c2ccccc2)cc1. The number of hydrogen-bond acceptors (Lipinski definition) is 2. The maximum atomic E-state index is 12.1. The van der Waals surface area contributed by atoms with Gasteiger partial charge in [-0.25, -0.2) is 0 Å². The molecule has 136 valence electrons. The van der Waals surface area contributed by atoms with E-state index in [1.54, 1.807) is 0 Å². The van der Waals surface area contributed by atoms with E-state index in [1.807, 2.05) is 56.3 Å². The van der Waals surface area contributed by atoms with Gasteiger partial charge in [0.2, 0.25) is 0 Å². The summed E-state index contributed by atoms with van der Waals surface area (Å²) in [5, 5.41) is 0. The zero-order valence-corrected chi connectivity index (χ0v) is 15.8. The van der Waals surface area contributed by atoms with Gasteiger partial charge < -0.3 is 4.74 Å². The van der Waals surface area contributed by atoms with E-state index in [9.17, 15) is 4.79 Å². The Bertz CT molecular complexity index is 894. The van der Waals surface area contributed by atoms with Crippen LogP contribution in [0.3, 0.4) is 0 Å². The average Bonchev–Trinajstić information content (AvgIpc) is 2.73. The third-order valence-electron chi connectivity index (χ3n) is 4.46. The van der Waals surface area contributed by atoms with Crippen LogP contribution in [-0.4, -0.2) is 12.6 Å². The Kier molecular flexibility index (Phi) is 6.22. The first-order valence-corrected chi connectivity index (χ1v) is 9.28. The van der Waals surface area contributed by atoms with E-state index in [1.165, 1.54) is 11.1 Å². The summed E-state index contributed by atoms with van der Waals surface area (Å²) in [5.41, 5.74) is 5.56. The van der Waals surface area contributed by atoms with E-state index in [2.05, 4.69) is 48.5 Å². The molecular weight excluding hydrogens is 332 g/mol. The van der Waals surface area contributed by atoms with E-state index in [0.29, 0.717) is 6.61 Å².